The van der Waals surface area contributed by atoms with E-state index in [1.807, 2.05) is 4.90 Å². The first kappa shape index (κ1) is 28.4. The van der Waals surface area contributed by atoms with Crippen molar-refractivity contribution in [3.8, 4) is 0 Å². The lowest BCUT2D eigenvalue weighted by molar-refractivity contribution is -0.137. The molecule has 2 aromatic carbocycles. The fourth-order valence-electron chi connectivity index (χ4n) is 4.18. The molecule has 40 heavy (non-hydrogen) atoms. The van der Waals surface area contributed by atoms with Crippen LogP contribution in [0.15, 0.2) is 87.8 Å². The minimum Gasteiger partial charge on any atom is -0.383 e. The molecule has 1 saturated heterocycles. The minimum absolute atomic E-state index is 0.0173. The number of halogens is 3. The molecule has 0 saturated carbocycles. The molecule has 0 unspecified atom stereocenters. The van der Waals surface area contributed by atoms with E-state index in [0.29, 0.717) is 18.2 Å². The minimum atomic E-state index is -4.53. The first-order valence-corrected chi connectivity index (χ1v) is 12.5. The van der Waals surface area contributed by atoms with Crippen LogP contribution in [0.2, 0.25) is 0 Å². The predicted molar refractivity (Wildman–Crippen MR) is 151 cm³/mol. The quantitative estimate of drug-likeness (QED) is 0.448. The number of nitrogens with one attached hydrogen (secondary N) is 2. The van der Waals surface area contributed by atoms with Crippen molar-refractivity contribution in [3.63, 3.8) is 0 Å². The number of hydrogen-bond acceptors (Lipinski definition) is 9. The van der Waals surface area contributed by atoms with Gasteiger partial charge in [0.05, 0.1) is 5.56 Å². The molecular formula is C27H30F3N9O. The molecule has 210 valence electrons. The number of carbonyl (C=O) groups is 1. The Morgan fingerprint density at radius 2 is 1.77 bits per heavy atom. The van der Waals surface area contributed by atoms with Gasteiger partial charge in [-0.05, 0) is 56.4 Å². The van der Waals surface area contributed by atoms with E-state index in [1.165, 1.54) is 30.5 Å². The highest BCUT2D eigenvalue weighted by atomic mass is 19.4. The molecular weight excluding hydrogens is 523 g/mol. The Morgan fingerprint density at radius 1 is 1.05 bits per heavy atom. The summed E-state index contributed by atoms with van der Waals surface area (Å²) in [5.74, 6) is 0.0724. The Morgan fingerprint density at radius 3 is 2.50 bits per heavy atom. The Hall–Kier alpha value is -4.65. The van der Waals surface area contributed by atoms with Gasteiger partial charge in [-0.3, -0.25) is 9.79 Å². The van der Waals surface area contributed by atoms with Crippen LogP contribution < -0.4 is 22.1 Å². The van der Waals surface area contributed by atoms with Crippen molar-refractivity contribution in [2.75, 3.05) is 43.9 Å². The third-order valence-corrected chi connectivity index (χ3v) is 6.23. The molecule has 4 rings (SSSR count). The molecule has 0 bridgehead atoms. The number of nitrogens with zero attached hydrogens (tertiary/aromatic N) is 5. The van der Waals surface area contributed by atoms with Crippen LogP contribution in [0.4, 0.5) is 24.5 Å². The van der Waals surface area contributed by atoms with Crippen molar-refractivity contribution in [2.24, 2.45) is 26.4 Å². The van der Waals surface area contributed by atoms with E-state index in [1.54, 1.807) is 12.1 Å². The summed E-state index contributed by atoms with van der Waals surface area (Å²) >= 11 is 0. The van der Waals surface area contributed by atoms with Gasteiger partial charge < -0.3 is 31.9 Å². The second kappa shape index (κ2) is 12.0. The Kier molecular flexibility index (Phi) is 8.53. The Labute approximate surface area is 229 Å². The fraction of sp³-hybridized carbons (Fsp3) is 0.259. The van der Waals surface area contributed by atoms with Crippen LogP contribution in [0, 0.1) is 0 Å². The molecule has 1 amide bonds. The SMILES string of the molecule is C=C/N=C1/C(N)=NC(N2CCCN(C)CC2)=N/C1=C(/N)Nc1cccc(C(=O)Nc2cccc(C(F)(F)F)c2)c1. The van der Waals surface area contributed by atoms with E-state index in [4.69, 9.17) is 11.5 Å². The molecule has 2 aliphatic heterocycles. The van der Waals surface area contributed by atoms with Crippen LogP contribution in [0.1, 0.15) is 22.3 Å². The molecule has 1 fully saturated rings. The number of alkyl halides is 3. The van der Waals surface area contributed by atoms with E-state index in [0.717, 1.165) is 38.2 Å². The average molecular weight is 554 g/mol. The van der Waals surface area contributed by atoms with Gasteiger partial charge in [-0.15, -0.1) is 0 Å². The van der Waals surface area contributed by atoms with Gasteiger partial charge in [0.1, 0.15) is 17.2 Å². The first-order chi connectivity index (χ1) is 19.0. The number of guanidine groups is 1. The number of amidine groups is 1. The van der Waals surface area contributed by atoms with Gasteiger partial charge in [-0.1, -0.05) is 18.7 Å². The number of rotatable bonds is 5. The van der Waals surface area contributed by atoms with E-state index in [-0.39, 0.29) is 34.3 Å². The topological polar surface area (TPSA) is 137 Å². The highest BCUT2D eigenvalue weighted by molar-refractivity contribution is 6.49. The summed E-state index contributed by atoms with van der Waals surface area (Å²) in [5, 5.41) is 5.51. The summed E-state index contributed by atoms with van der Waals surface area (Å²) in [7, 11) is 2.06. The summed E-state index contributed by atoms with van der Waals surface area (Å²) in [6, 6.07) is 10.7. The van der Waals surface area contributed by atoms with E-state index < -0.39 is 17.6 Å². The van der Waals surface area contributed by atoms with Crippen LogP contribution in [-0.4, -0.2) is 66.4 Å². The largest absolute Gasteiger partial charge is 0.416 e. The number of benzene rings is 2. The highest BCUT2D eigenvalue weighted by Crippen LogP contribution is 2.30. The predicted octanol–water partition coefficient (Wildman–Crippen LogP) is 3.45. The molecule has 10 nitrogen and oxygen atoms in total. The molecule has 0 aliphatic carbocycles. The second-order valence-corrected chi connectivity index (χ2v) is 9.21. The zero-order chi connectivity index (χ0) is 28.9. The van der Waals surface area contributed by atoms with Gasteiger partial charge in [0.25, 0.3) is 5.91 Å². The van der Waals surface area contributed by atoms with Crippen molar-refractivity contribution in [1.82, 2.24) is 9.80 Å². The number of nitrogens with two attached hydrogens (primary N) is 2. The molecule has 2 aromatic rings. The van der Waals surface area contributed by atoms with Crippen LogP contribution in [0.5, 0.6) is 0 Å². The number of aliphatic imine (C=N–C) groups is 3. The van der Waals surface area contributed by atoms with Crippen molar-refractivity contribution >= 4 is 34.8 Å². The van der Waals surface area contributed by atoms with Crippen LogP contribution >= 0.6 is 0 Å². The zero-order valence-electron chi connectivity index (χ0n) is 21.9. The summed E-state index contributed by atoms with van der Waals surface area (Å²) in [6.07, 6.45) is -2.28. The van der Waals surface area contributed by atoms with E-state index in [2.05, 4.69) is 44.1 Å². The summed E-state index contributed by atoms with van der Waals surface area (Å²) in [4.78, 5) is 30.4. The van der Waals surface area contributed by atoms with Gasteiger partial charge >= 0.3 is 6.18 Å². The molecule has 0 aromatic heterocycles. The summed E-state index contributed by atoms with van der Waals surface area (Å²) in [6.45, 7) is 6.88. The van der Waals surface area contributed by atoms with Gasteiger partial charge in [-0.25, -0.2) is 4.99 Å². The van der Waals surface area contributed by atoms with Gasteiger partial charge in [0, 0.05) is 42.8 Å². The maximum atomic E-state index is 13.0. The van der Waals surface area contributed by atoms with Gasteiger partial charge in [-0.2, -0.15) is 18.2 Å². The zero-order valence-corrected chi connectivity index (χ0v) is 21.9. The van der Waals surface area contributed by atoms with E-state index in [9.17, 15) is 18.0 Å². The van der Waals surface area contributed by atoms with Crippen molar-refractivity contribution < 1.29 is 18.0 Å². The maximum absolute atomic E-state index is 13.0. The molecule has 0 radical (unpaired) electrons. The average Bonchev–Trinajstić information content (AvgIpc) is 3.14. The lowest BCUT2D eigenvalue weighted by Gasteiger charge is -2.25. The molecule has 0 spiro atoms. The van der Waals surface area contributed by atoms with Crippen molar-refractivity contribution in [2.45, 2.75) is 12.6 Å². The number of carbonyl (C=O) groups excluding carboxylic acids is 1. The molecule has 6 N–H and O–H groups in total. The number of anilines is 2. The fourth-order valence-corrected chi connectivity index (χ4v) is 4.18. The van der Waals surface area contributed by atoms with Gasteiger partial charge in [0.15, 0.2) is 5.84 Å². The summed E-state index contributed by atoms with van der Waals surface area (Å²) in [5.41, 5.74) is 13.0. The second-order valence-electron chi connectivity index (χ2n) is 9.21. The lowest BCUT2D eigenvalue weighted by atomic mass is 10.1. The third kappa shape index (κ3) is 6.86. The molecule has 13 heteroatoms. The molecule has 0 atom stereocenters. The Balaban J connectivity index is 1.58. The Bertz CT molecular complexity index is 1410. The van der Waals surface area contributed by atoms with Crippen molar-refractivity contribution in [3.05, 3.63) is 84.0 Å². The third-order valence-electron chi connectivity index (χ3n) is 6.23. The van der Waals surface area contributed by atoms with Crippen molar-refractivity contribution in [1.29, 1.82) is 0 Å². The smallest absolute Gasteiger partial charge is 0.383 e. The maximum Gasteiger partial charge on any atom is 0.416 e. The van der Waals surface area contributed by atoms with Gasteiger partial charge in [0.2, 0.25) is 5.96 Å². The molecule has 2 aliphatic rings. The van der Waals surface area contributed by atoms with E-state index >= 15 is 0 Å². The normalized spacial score (nSPS) is 18.9. The standard InChI is InChI=1S/C27H30F3N9O/c1-3-33-21-22(36-26(37-23(21)31)39-12-6-11-38(2)13-14-39)24(32)34-19-9-4-7-17(15-19)25(40)35-20-10-5-8-18(16-20)27(28,29)30/h3-5,7-10,15-16,34H,1,6,11-14,32H2,2H3,(H,35,40)(H2,31,36,37)/b24-22-,33-21+. The van der Waals surface area contributed by atoms with Crippen LogP contribution in [-0.2, 0) is 6.18 Å². The highest BCUT2D eigenvalue weighted by Gasteiger charge is 2.30. The number of likely N-dealkylation sites (N-methyl/N-ethyl adjacent to an activating group) is 1. The lowest BCUT2D eigenvalue weighted by Crippen LogP contribution is -2.40. The molecule has 2 heterocycles. The number of hydrogen-bond donors (Lipinski definition) is 4. The first-order valence-electron chi connectivity index (χ1n) is 12.5. The van der Waals surface area contributed by atoms with Crippen LogP contribution in [0.3, 0.4) is 0 Å². The van der Waals surface area contributed by atoms with Crippen LogP contribution in [0.25, 0.3) is 0 Å². The monoisotopic (exact) mass is 553 g/mol. The number of amides is 1. The summed E-state index contributed by atoms with van der Waals surface area (Å²) < 4.78 is 39.1.